The quantitative estimate of drug-likeness (QED) is 0.357. The summed E-state index contributed by atoms with van der Waals surface area (Å²) in [4.78, 5) is 13.3. The third kappa shape index (κ3) is 3.75. The molecule has 158 valence electrons. The monoisotopic (exact) mass is 431 g/mol. The largest absolute Gasteiger partial charge is 0.299 e. The van der Waals surface area contributed by atoms with Gasteiger partial charge in [0.05, 0.1) is 17.1 Å². The standard InChI is InChI=1S/C25H17N7O/c26-16-20-21(17-10-4-1-5-11-17)27-29-24(20)30-28-23-22(18-12-6-2-7-13-18)31-32(25(23)33)19-14-8-3-9-15-19/h1-15,31H,(H,27,29). The van der Waals surface area contributed by atoms with Gasteiger partial charge in [0, 0.05) is 11.1 Å². The molecule has 0 saturated heterocycles. The highest BCUT2D eigenvalue weighted by atomic mass is 16.1. The lowest BCUT2D eigenvalue weighted by molar-refractivity contribution is 0.852. The van der Waals surface area contributed by atoms with Gasteiger partial charge < -0.3 is 0 Å². The van der Waals surface area contributed by atoms with E-state index in [9.17, 15) is 10.1 Å². The summed E-state index contributed by atoms with van der Waals surface area (Å²) in [6.45, 7) is 0. The van der Waals surface area contributed by atoms with E-state index in [0.717, 1.165) is 11.1 Å². The third-order valence-corrected chi connectivity index (χ3v) is 5.11. The van der Waals surface area contributed by atoms with Gasteiger partial charge in [-0.2, -0.15) is 10.4 Å². The highest BCUT2D eigenvalue weighted by molar-refractivity contribution is 5.73. The number of hydrogen-bond donors (Lipinski definition) is 2. The van der Waals surface area contributed by atoms with E-state index in [1.54, 1.807) is 0 Å². The maximum absolute atomic E-state index is 13.3. The van der Waals surface area contributed by atoms with E-state index >= 15 is 0 Å². The Morgan fingerprint density at radius 1 is 0.788 bits per heavy atom. The predicted molar refractivity (Wildman–Crippen MR) is 125 cm³/mol. The van der Waals surface area contributed by atoms with Crippen LogP contribution in [0, 0.1) is 11.3 Å². The van der Waals surface area contributed by atoms with Crippen molar-refractivity contribution in [2.24, 2.45) is 10.2 Å². The van der Waals surface area contributed by atoms with Gasteiger partial charge in [0.2, 0.25) is 5.82 Å². The van der Waals surface area contributed by atoms with Crippen LogP contribution in [0.3, 0.4) is 0 Å². The summed E-state index contributed by atoms with van der Waals surface area (Å²) in [5, 5.41) is 28.3. The van der Waals surface area contributed by atoms with Crippen LogP contribution < -0.4 is 5.56 Å². The first-order valence-corrected chi connectivity index (χ1v) is 10.2. The number of nitrogens with zero attached hydrogens (tertiary/aromatic N) is 5. The molecule has 8 heteroatoms. The molecule has 3 aromatic carbocycles. The predicted octanol–water partition coefficient (Wildman–Crippen LogP) is 5.51. The Labute approximate surface area is 188 Å². The number of para-hydroxylation sites is 1. The van der Waals surface area contributed by atoms with Crippen LogP contribution in [0.25, 0.3) is 28.2 Å². The average molecular weight is 431 g/mol. The number of H-pyrrole nitrogens is 2. The molecule has 0 saturated carbocycles. The first-order valence-electron chi connectivity index (χ1n) is 10.2. The molecule has 0 bridgehead atoms. The molecule has 33 heavy (non-hydrogen) atoms. The van der Waals surface area contributed by atoms with Crippen molar-refractivity contribution < 1.29 is 0 Å². The maximum Gasteiger partial charge on any atom is 0.299 e. The molecule has 5 aromatic rings. The van der Waals surface area contributed by atoms with Crippen molar-refractivity contribution in [1.82, 2.24) is 20.0 Å². The second-order valence-electron chi connectivity index (χ2n) is 7.15. The summed E-state index contributed by atoms with van der Waals surface area (Å²) >= 11 is 0. The molecule has 8 nitrogen and oxygen atoms in total. The van der Waals surface area contributed by atoms with Gasteiger partial charge in [0.15, 0.2) is 5.69 Å². The van der Waals surface area contributed by atoms with Crippen LogP contribution >= 0.6 is 0 Å². The SMILES string of the molecule is N#Cc1c(N=Nc2c(-c3ccccc3)[nH]n(-c3ccccc3)c2=O)n[nH]c1-c1ccccc1. The summed E-state index contributed by atoms with van der Waals surface area (Å²) in [7, 11) is 0. The minimum atomic E-state index is -0.360. The Morgan fingerprint density at radius 3 is 1.97 bits per heavy atom. The van der Waals surface area contributed by atoms with E-state index in [1.165, 1.54) is 4.68 Å². The van der Waals surface area contributed by atoms with Crippen molar-refractivity contribution in [3.8, 4) is 34.3 Å². The fourth-order valence-electron chi connectivity index (χ4n) is 3.51. The van der Waals surface area contributed by atoms with Crippen LogP contribution in [0.2, 0.25) is 0 Å². The summed E-state index contributed by atoms with van der Waals surface area (Å²) < 4.78 is 1.42. The Balaban J connectivity index is 1.62. The van der Waals surface area contributed by atoms with E-state index in [0.29, 0.717) is 17.1 Å². The van der Waals surface area contributed by atoms with Crippen LogP contribution in [0.15, 0.2) is 106 Å². The van der Waals surface area contributed by atoms with E-state index < -0.39 is 0 Å². The lowest BCUT2D eigenvalue weighted by Gasteiger charge is -2.01. The van der Waals surface area contributed by atoms with Crippen LogP contribution in [0.1, 0.15) is 5.56 Å². The number of nitriles is 1. The molecule has 0 aliphatic carbocycles. The number of hydrogen-bond acceptors (Lipinski definition) is 5. The number of rotatable bonds is 5. The van der Waals surface area contributed by atoms with Gasteiger partial charge >= 0.3 is 0 Å². The maximum atomic E-state index is 13.3. The molecule has 0 unspecified atom stereocenters. The smallest absolute Gasteiger partial charge is 0.288 e. The number of aromatic nitrogens is 4. The van der Waals surface area contributed by atoms with Crippen molar-refractivity contribution in [3.63, 3.8) is 0 Å². The third-order valence-electron chi connectivity index (χ3n) is 5.11. The number of aromatic amines is 2. The zero-order valence-corrected chi connectivity index (χ0v) is 17.3. The summed E-state index contributed by atoms with van der Waals surface area (Å²) in [5.74, 6) is 0.113. The Hall–Kier alpha value is -5.03. The summed E-state index contributed by atoms with van der Waals surface area (Å²) in [6.07, 6.45) is 0. The fraction of sp³-hybridized carbons (Fsp3) is 0. The Morgan fingerprint density at radius 2 is 1.36 bits per heavy atom. The molecule has 0 fully saturated rings. The molecule has 2 aromatic heterocycles. The Kier molecular flexibility index (Phi) is 5.19. The Bertz CT molecular complexity index is 1520. The van der Waals surface area contributed by atoms with Crippen LogP contribution in [0.4, 0.5) is 11.5 Å². The second kappa shape index (κ2) is 8.61. The summed E-state index contributed by atoms with van der Waals surface area (Å²) in [5.41, 5.74) is 3.35. The van der Waals surface area contributed by atoms with Crippen molar-refractivity contribution in [2.75, 3.05) is 0 Å². The molecule has 2 N–H and O–H groups in total. The number of benzene rings is 3. The van der Waals surface area contributed by atoms with Crippen LogP contribution in [0.5, 0.6) is 0 Å². The minimum Gasteiger partial charge on any atom is -0.288 e. The van der Waals surface area contributed by atoms with E-state index in [4.69, 9.17) is 0 Å². The minimum absolute atomic E-state index is 0.113. The molecule has 5 rings (SSSR count). The molecule has 0 amide bonds. The van der Waals surface area contributed by atoms with Gasteiger partial charge in [0.25, 0.3) is 5.56 Å². The van der Waals surface area contributed by atoms with E-state index in [2.05, 4.69) is 31.6 Å². The van der Waals surface area contributed by atoms with Gasteiger partial charge in [0.1, 0.15) is 11.6 Å². The molecule has 2 heterocycles. The first-order chi connectivity index (χ1) is 16.3. The van der Waals surface area contributed by atoms with Gasteiger partial charge in [-0.1, -0.05) is 78.9 Å². The highest BCUT2D eigenvalue weighted by Crippen LogP contribution is 2.31. The summed E-state index contributed by atoms with van der Waals surface area (Å²) in [6, 6.07) is 30.1. The van der Waals surface area contributed by atoms with Crippen LogP contribution in [-0.4, -0.2) is 20.0 Å². The normalized spacial score (nSPS) is 11.0. The van der Waals surface area contributed by atoms with Crippen molar-refractivity contribution in [1.29, 1.82) is 5.26 Å². The molecular weight excluding hydrogens is 414 g/mol. The van der Waals surface area contributed by atoms with Gasteiger partial charge in [-0.15, -0.1) is 10.2 Å². The molecule has 0 aliphatic rings. The topological polar surface area (TPSA) is 115 Å². The molecule has 0 radical (unpaired) electrons. The van der Waals surface area contributed by atoms with Gasteiger partial charge in [-0.25, -0.2) is 4.68 Å². The van der Waals surface area contributed by atoms with Crippen molar-refractivity contribution in [3.05, 3.63) is 107 Å². The highest BCUT2D eigenvalue weighted by Gasteiger charge is 2.18. The van der Waals surface area contributed by atoms with Crippen molar-refractivity contribution in [2.45, 2.75) is 0 Å². The lowest BCUT2D eigenvalue weighted by atomic mass is 10.1. The van der Waals surface area contributed by atoms with Crippen molar-refractivity contribution >= 4 is 11.5 Å². The zero-order valence-electron chi connectivity index (χ0n) is 17.3. The molecule has 0 atom stereocenters. The van der Waals surface area contributed by atoms with Gasteiger partial charge in [-0.05, 0) is 12.1 Å². The lowest BCUT2D eigenvalue weighted by Crippen LogP contribution is -2.13. The average Bonchev–Trinajstić information content (AvgIpc) is 3.44. The molecule has 0 spiro atoms. The van der Waals surface area contributed by atoms with E-state index in [-0.39, 0.29) is 22.6 Å². The first kappa shape index (κ1) is 19.9. The fourth-order valence-corrected chi connectivity index (χ4v) is 3.51. The van der Waals surface area contributed by atoms with Gasteiger partial charge in [-0.3, -0.25) is 15.0 Å². The number of nitrogens with one attached hydrogen (secondary N) is 2. The number of azo groups is 1. The zero-order chi connectivity index (χ0) is 22.6. The molecular formula is C25H17N7O. The van der Waals surface area contributed by atoms with Crippen LogP contribution in [-0.2, 0) is 0 Å². The van der Waals surface area contributed by atoms with E-state index in [1.807, 2.05) is 91.0 Å². The molecule has 0 aliphatic heterocycles. The second-order valence-corrected chi connectivity index (χ2v) is 7.15.